The zero-order chi connectivity index (χ0) is 21.6. The van der Waals surface area contributed by atoms with E-state index in [1.165, 1.54) is 11.9 Å². The van der Waals surface area contributed by atoms with Crippen molar-refractivity contribution in [1.82, 2.24) is 20.0 Å². The van der Waals surface area contributed by atoms with Gasteiger partial charge in [0.2, 0.25) is 5.91 Å². The van der Waals surface area contributed by atoms with Crippen molar-refractivity contribution in [2.75, 3.05) is 13.6 Å². The van der Waals surface area contributed by atoms with Crippen molar-refractivity contribution in [3.8, 4) is 0 Å². The first-order valence-electron chi connectivity index (χ1n) is 9.21. The number of carboxylic acids is 2. The van der Waals surface area contributed by atoms with Crippen molar-refractivity contribution in [2.45, 2.75) is 38.6 Å². The number of benzene rings is 1. The minimum absolute atomic E-state index is 0.0950. The fraction of sp³-hybridized carbons (Fsp3) is 0.421. The number of carbonyl (C=O) groups excluding carboxylic acids is 2. The smallest absolute Gasteiger partial charge is 0.357 e. The maximum Gasteiger partial charge on any atom is 0.357 e. The Hall–Kier alpha value is -3.43. The van der Waals surface area contributed by atoms with Crippen LogP contribution in [0.1, 0.15) is 43.1 Å². The summed E-state index contributed by atoms with van der Waals surface area (Å²) in [5, 5.41) is 24.9. The van der Waals surface area contributed by atoms with Gasteiger partial charge in [0.25, 0.3) is 0 Å². The quantitative estimate of drug-likeness (QED) is 0.541. The summed E-state index contributed by atoms with van der Waals surface area (Å²) in [5.74, 6) is -2.46. The number of hydrogen-bond donors (Lipinski definition) is 3. The van der Waals surface area contributed by atoms with E-state index in [9.17, 15) is 24.3 Å². The Morgan fingerprint density at radius 3 is 2.48 bits per heavy atom. The van der Waals surface area contributed by atoms with Gasteiger partial charge in [-0.05, 0) is 25.8 Å². The van der Waals surface area contributed by atoms with Crippen LogP contribution in [0.25, 0.3) is 10.9 Å². The maximum atomic E-state index is 12.8. The van der Waals surface area contributed by atoms with Gasteiger partial charge in [0.15, 0.2) is 5.69 Å². The molecule has 0 saturated carbocycles. The Morgan fingerprint density at radius 1 is 1.14 bits per heavy atom. The average Bonchev–Trinajstić information content (AvgIpc) is 3.08. The molecule has 29 heavy (non-hydrogen) atoms. The van der Waals surface area contributed by atoms with Gasteiger partial charge in [0, 0.05) is 25.4 Å². The molecule has 0 bridgehead atoms. The van der Waals surface area contributed by atoms with Crippen molar-refractivity contribution in [3.05, 3.63) is 30.0 Å². The zero-order valence-corrected chi connectivity index (χ0v) is 16.3. The van der Waals surface area contributed by atoms with Crippen LogP contribution < -0.4 is 5.32 Å². The number of carbonyl (C=O) groups is 4. The Morgan fingerprint density at radius 2 is 1.83 bits per heavy atom. The van der Waals surface area contributed by atoms with Crippen LogP contribution in [0.5, 0.6) is 0 Å². The summed E-state index contributed by atoms with van der Waals surface area (Å²) in [4.78, 5) is 48.2. The molecule has 10 nitrogen and oxygen atoms in total. The van der Waals surface area contributed by atoms with Crippen LogP contribution in [0.15, 0.2) is 24.3 Å². The molecule has 0 fully saturated rings. The number of nitrogens with zero attached hydrogens (tertiary/aromatic N) is 3. The topological polar surface area (TPSA) is 142 Å². The summed E-state index contributed by atoms with van der Waals surface area (Å²) >= 11 is 0. The van der Waals surface area contributed by atoms with E-state index in [1.54, 1.807) is 31.2 Å². The van der Waals surface area contributed by atoms with E-state index in [4.69, 9.17) is 5.11 Å². The molecule has 0 radical (unpaired) electrons. The number of unbranched alkanes of at least 4 members (excludes halogenated alkanes) is 2. The summed E-state index contributed by atoms with van der Waals surface area (Å²) in [6, 6.07) is 5.04. The molecule has 10 heteroatoms. The number of aromatic nitrogens is 2. The molecule has 3 N–H and O–H groups in total. The maximum absolute atomic E-state index is 12.8. The molecule has 1 atom stereocenters. The lowest BCUT2D eigenvalue weighted by atomic mass is 10.2. The first kappa shape index (κ1) is 21.9. The number of aromatic carboxylic acids is 1. The van der Waals surface area contributed by atoms with Crippen LogP contribution in [0.4, 0.5) is 4.79 Å². The monoisotopic (exact) mass is 404 g/mol. The van der Waals surface area contributed by atoms with Gasteiger partial charge in [-0.25, -0.2) is 9.59 Å². The predicted octanol–water partition coefficient (Wildman–Crippen LogP) is 1.78. The second-order valence-electron chi connectivity index (χ2n) is 6.65. The molecule has 1 heterocycles. The summed E-state index contributed by atoms with van der Waals surface area (Å²) in [7, 11) is 1.44. The highest BCUT2D eigenvalue weighted by molar-refractivity contribution is 6.04. The van der Waals surface area contributed by atoms with E-state index >= 15 is 0 Å². The highest BCUT2D eigenvalue weighted by atomic mass is 16.4. The number of nitrogens with one attached hydrogen (secondary N) is 1. The SMILES string of the molecule is C[C@@H](C(=O)NCCCCCC(=O)O)N(C)C(=O)n1nc(C(=O)O)c2ccccc21. The third-order valence-corrected chi connectivity index (χ3v) is 4.60. The Bertz CT molecular complexity index is 923. The molecule has 0 aliphatic rings. The molecule has 2 rings (SSSR count). The van der Waals surface area contributed by atoms with Crippen LogP contribution in [0, 0.1) is 0 Å². The first-order valence-corrected chi connectivity index (χ1v) is 9.21. The Labute approximate surface area is 167 Å². The number of rotatable bonds is 9. The highest BCUT2D eigenvalue weighted by Crippen LogP contribution is 2.19. The van der Waals surface area contributed by atoms with Crippen molar-refractivity contribution >= 4 is 34.8 Å². The molecular weight excluding hydrogens is 380 g/mol. The van der Waals surface area contributed by atoms with Gasteiger partial charge in [-0.2, -0.15) is 9.78 Å². The molecule has 0 saturated heterocycles. The minimum Gasteiger partial charge on any atom is -0.481 e. The molecule has 2 amide bonds. The highest BCUT2D eigenvalue weighted by Gasteiger charge is 2.27. The van der Waals surface area contributed by atoms with Crippen molar-refractivity contribution in [1.29, 1.82) is 0 Å². The van der Waals surface area contributed by atoms with Gasteiger partial charge in [-0.15, -0.1) is 0 Å². The fourth-order valence-corrected chi connectivity index (χ4v) is 2.80. The van der Waals surface area contributed by atoms with Crippen molar-refractivity contribution < 1.29 is 29.4 Å². The standard InChI is InChI=1S/C19H24N4O6/c1-12(17(26)20-11-7-3-4-10-15(24)25)22(2)19(29)23-14-9-6-5-8-13(14)16(21-23)18(27)28/h5-6,8-9,12H,3-4,7,10-11H2,1-2H3,(H,20,26)(H,24,25)(H,27,28)/t12-/m0/s1. The van der Waals surface area contributed by atoms with Crippen LogP contribution in [-0.4, -0.2) is 68.4 Å². The van der Waals surface area contributed by atoms with Crippen molar-refractivity contribution in [3.63, 3.8) is 0 Å². The van der Waals surface area contributed by atoms with E-state index in [-0.39, 0.29) is 18.0 Å². The second kappa shape index (κ2) is 9.67. The number of aliphatic carboxylic acids is 1. The van der Waals surface area contributed by atoms with E-state index in [2.05, 4.69) is 10.4 Å². The van der Waals surface area contributed by atoms with Crippen molar-refractivity contribution in [2.24, 2.45) is 0 Å². The van der Waals surface area contributed by atoms with E-state index < -0.39 is 24.0 Å². The Kier molecular flexibility index (Phi) is 7.29. The third kappa shape index (κ3) is 5.31. The van der Waals surface area contributed by atoms with Crippen LogP contribution in [0.3, 0.4) is 0 Å². The fourth-order valence-electron chi connectivity index (χ4n) is 2.80. The summed E-state index contributed by atoms with van der Waals surface area (Å²) in [5.41, 5.74) is 0.105. The Balaban J connectivity index is 2.00. The van der Waals surface area contributed by atoms with Gasteiger partial charge in [0.1, 0.15) is 6.04 Å². The largest absolute Gasteiger partial charge is 0.481 e. The lowest BCUT2D eigenvalue weighted by Gasteiger charge is -2.24. The minimum atomic E-state index is -1.25. The molecule has 0 aliphatic carbocycles. The number of amides is 2. The normalized spacial score (nSPS) is 11.8. The number of likely N-dealkylation sites (N-methyl/N-ethyl adjacent to an activating group) is 1. The van der Waals surface area contributed by atoms with Crippen LogP contribution in [-0.2, 0) is 9.59 Å². The van der Waals surface area contributed by atoms with Crippen LogP contribution >= 0.6 is 0 Å². The van der Waals surface area contributed by atoms with Gasteiger partial charge in [-0.1, -0.05) is 24.6 Å². The average molecular weight is 404 g/mol. The number of carboxylic acid groups (broad SMARTS) is 2. The summed E-state index contributed by atoms with van der Waals surface area (Å²) in [6.07, 6.45) is 1.94. The molecule has 2 aromatic rings. The molecule has 156 valence electrons. The van der Waals surface area contributed by atoms with Gasteiger partial charge in [0.05, 0.1) is 5.52 Å². The lowest BCUT2D eigenvalue weighted by Crippen LogP contribution is -2.47. The summed E-state index contributed by atoms with van der Waals surface area (Å²) < 4.78 is 0.981. The molecule has 1 aromatic heterocycles. The molecular formula is C19H24N4O6. The molecule has 0 aliphatic heterocycles. The third-order valence-electron chi connectivity index (χ3n) is 4.60. The summed E-state index contributed by atoms with van der Waals surface area (Å²) in [6.45, 7) is 1.93. The number of hydrogen-bond acceptors (Lipinski definition) is 5. The lowest BCUT2D eigenvalue weighted by molar-refractivity contribution is -0.137. The van der Waals surface area contributed by atoms with Crippen LogP contribution in [0.2, 0.25) is 0 Å². The zero-order valence-electron chi connectivity index (χ0n) is 16.3. The second-order valence-corrected chi connectivity index (χ2v) is 6.65. The number of para-hydroxylation sites is 1. The number of fused-ring (bicyclic) bond motifs is 1. The van der Waals surface area contributed by atoms with E-state index in [1.807, 2.05) is 0 Å². The van der Waals surface area contributed by atoms with Gasteiger partial charge < -0.3 is 20.4 Å². The van der Waals surface area contributed by atoms with E-state index in [0.29, 0.717) is 36.7 Å². The first-order chi connectivity index (χ1) is 13.7. The molecule has 0 unspecified atom stereocenters. The molecule has 1 aromatic carbocycles. The molecule has 0 spiro atoms. The van der Waals surface area contributed by atoms with Gasteiger partial charge in [-0.3, -0.25) is 9.59 Å². The predicted molar refractivity (Wildman–Crippen MR) is 104 cm³/mol. The van der Waals surface area contributed by atoms with Gasteiger partial charge >= 0.3 is 18.0 Å². The van der Waals surface area contributed by atoms with E-state index in [0.717, 1.165) is 4.68 Å².